The molecule has 14 heavy (non-hydrogen) atoms. The van der Waals surface area contributed by atoms with Gasteiger partial charge in [0, 0.05) is 18.6 Å². The molecular formula is C10H15N3O. The highest BCUT2D eigenvalue weighted by Gasteiger charge is 2.49. The Morgan fingerprint density at radius 2 is 2.50 bits per heavy atom. The van der Waals surface area contributed by atoms with Crippen LogP contribution >= 0.6 is 0 Å². The minimum atomic E-state index is 0.00250. The number of terminal acetylenes is 1. The summed E-state index contributed by atoms with van der Waals surface area (Å²) in [6, 6.07) is 0.715. The predicted octanol–water partition coefficient (Wildman–Crippen LogP) is -1.23. The molecule has 3 aliphatic rings. The Bertz CT molecular complexity index is 284. The number of nitrogens with zero attached hydrogens (tertiary/aromatic N) is 1. The van der Waals surface area contributed by atoms with Gasteiger partial charge in [-0.05, 0) is 12.3 Å². The summed E-state index contributed by atoms with van der Waals surface area (Å²) in [5.41, 5.74) is 5.89. The highest BCUT2D eigenvalue weighted by atomic mass is 16.2. The fraction of sp³-hybridized carbons (Fsp3) is 0.700. The van der Waals surface area contributed by atoms with E-state index in [9.17, 15) is 4.79 Å². The molecule has 1 amide bonds. The number of nitrogens with one attached hydrogen (secondary N) is 1. The topological polar surface area (TPSA) is 58.4 Å². The summed E-state index contributed by atoms with van der Waals surface area (Å²) in [6.45, 7) is 1.72. The first-order chi connectivity index (χ1) is 6.72. The Hall–Kier alpha value is -1.05. The lowest BCUT2D eigenvalue weighted by molar-refractivity contribution is -0.122. The first-order valence-corrected chi connectivity index (χ1v) is 4.92. The zero-order valence-corrected chi connectivity index (χ0v) is 8.07. The van der Waals surface area contributed by atoms with Gasteiger partial charge in [-0.1, -0.05) is 5.92 Å². The largest absolute Gasteiger partial charge is 0.344 e. The van der Waals surface area contributed by atoms with E-state index < -0.39 is 0 Å². The molecule has 0 aromatic heterocycles. The molecule has 2 saturated heterocycles. The van der Waals surface area contributed by atoms with Crippen LogP contribution in [0.15, 0.2) is 0 Å². The molecule has 2 aliphatic heterocycles. The molecule has 4 nitrogen and oxygen atoms in total. The van der Waals surface area contributed by atoms with Gasteiger partial charge in [-0.2, -0.15) is 0 Å². The van der Waals surface area contributed by atoms with E-state index in [-0.39, 0.29) is 11.9 Å². The summed E-state index contributed by atoms with van der Waals surface area (Å²) < 4.78 is 0. The molecule has 76 valence electrons. The second-order valence-electron chi connectivity index (χ2n) is 4.05. The van der Waals surface area contributed by atoms with E-state index in [0.29, 0.717) is 25.0 Å². The molecule has 0 radical (unpaired) electrons. The van der Waals surface area contributed by atoms with Gasteiger partial charge in [-0.25, -0.2) is 0 Å². The van der Waals surface area contributed by atoms with Crippen molar-refractivity contribution in [1.29, 1.82) is 0 Å². The van der Waals surface area contributed by atoms with Crippen LogP contribution in [0.3, 0.4) is 0 Å². The van der Waals surface area contributed by atoms with Crippen molar-refractivity contribution in [3.8, 4) is 12.3 Å². The van der Waals surface area contributed by atoms with Crippen molar-refractivity contribution < 1.29 is 4.79 Å². The molecule has 3 atom stereocenters. The molecule has 0 aromatic rings. The molecule has 3 N–H and O–H groups in total. The van der Waals surface area contributed by atoms with Crippen LogP contribution in [0.1, 0.15) is 6.42 Å². The van der Waals surface area contributed by atoms with Crippen molar-refractivity contribution >= 4 is 5.91 Å². The Kier molecular flexibility index (Phi) is 2.44. The maximum absolute atomic E-state index is 11.3. The quantitative estimate of drug-likeness (QED) is 0.552. The van der Waals surface area contributed by atoms with Gasteiger partial charge in [0.2, 0.25) is 5.91 Å². The molecule has 1 aliphatic carbocycles. The van der Waals surface area contributed by atoms with Crippen LogP contribution in [0.4, 0.5) is 0 Å². The second-order valence-corrected chi connectivity index (χ2v) is 4.05. The van der Waals surface area contributed by atoms with Crippen molar-refractivity contribution in [1.82, 2.24) is 10.2 Å². The average Bonchev–Trinajstić information content (AvgIpc) is 2.70. The highest BCUT2D eigenvalue weighted by Crippen LogP contribution is 2.39. The Morgan fingerprint density at radius 1 is 1.71 bits per heavy atom. The molecule has 3 fully saturated rings. The number of amides is 1. The molecule has 0 aromatic carbocycles. The maximum Gasteiger partial charge on any atom is 0.234 e. The second kappa shape index (κ2) is 3.60. The number of carbonyl (C=O) groups excluding carboxylic acids is 1. The third kappa shape index (κ3) is 1.49. The van der Waals surface area contributed by atoms with Crippen molar-refractivity contribution in [3.05, 3.63) is 0 Å². The van der Waals surface area contributed by atoms with Gasteiger partial charge in [0.1, 0.15) is 0 Å². The summed E-state index contributed by atoms with van der Waals surface area (Å²) in [5, 5.41) is 2.66. The lowest BCUT2D eigenvalue weighted by atomic mass is 9.81. The monoisotopic (exact) mass is 193 g/mol. The van der Waals surface area contributed by atoms with Crippen LogP contribution in [0.25, 0.3) is 0 Å². The predicted molar refractivity (Wildman–Crippen MR) is 53.3 cm³/mol. The normalized spacial score (nSPS) is 34.7. The van der Waals surface area contributed by atoms with Crippen molar-refractivity contribution in [2.75, 3.05) is 19.6 Å². The van der Waals surface area contributed by atoms with Crippen LogP contribution < -0.4 is 11.1 Å². The van der Waals surface area contributed by atoms with Gasteiger partial charge in [0.15, 0.2) is 0 Å². The lowest BCUT2D eigenvalue weighted by Gasteiger charge is -2.33. The molecule has 2 heterocycles. The fourth-order valence-corrected chi connectivity index (χ4v) is 2.34. The van der Waals surface area contributed by atoms with Crippen LogP contribution in [-0.2, 0) is 4.79 Å². The van der Waals surface area contributed by atoms with E-state index in [1.165, 1.54) is 0 Å². The van der Waals surface area contributed by atoms with Gasteiger partial charge in [0.05, 0.1) is 13.1 Å². The zero-order valence-electron chi connectivity index (χ0n) is 8.07. The molecule has 0 spiro atoms. The van der Waals surface area contributed by atoms with E-state index in [0.717, 1.165) is 13.0 Å². The minimum Gasteiger partial charge on any atom is -0.344 e. The third-order valence-corrected chi connectivity index (χ3v) is 3.21. The van der Waals surface area contributed by atoms with Crippen molar-refractivity contribution in [3.63, 3.8) is 0 Å². The molecule has 2 bridgehead atoms. The van der Waals surface area contributed by atoms with E-state index in [1.807, 2.05) is 0 Å². The van der Waals surface area contributed by atoms with E-state index in [4.69, 9.17) is 12.2 Å². The number of hydrogen-bond donors (Lipinski definition) is 2. The Labute approximate surface area is 83.8 Å². The maximum atomic E-state index is 11.3. The van der Waals surface area contributed by atoms with Crippen LogP contribution in [0, 0.1) is 18.3 Å². The van der Waals surface area contributed by atoms with Crippen LogP contribution in [0.5, 0.6) is 0 Å². The van der Waals surface area contributed by atoms with Crippen LogP contribution in [-0.4, -0.2) is 42.5 Å². The van der Waals surface area contributed by atoms with E-state index in [2.05, 4.69) is 16.1 Å². The standard InChI is InChI=1S/C10H15N3O/c1-2-3-12-9(14)6-13-5-7-4-8(13)10(7)11/h1,7-8,10H,3-6,11H2,(H,12,14). The summed E-state index contributed by atoms with van der Waals surface area (Å²) in [4.78, 5) is 13.5. The first-order valence-electron chi connectivity index (χ1n) is 4.92. The SMILES string of the molecule is C#CCNC(=O)CN1CC2CC1C2N. The smallest absolute Gasteiger partial charge is 0.234 e. The zero-order chi connectivity index (χ0) is 10.1. The summed E-state index contributed by atoms with van der Waals surface area (Å²) in [6.07, 6.45) is 6.20. The van der Waals surface area contributed by atoms with Crippen molar-refractivity contribution in [2.45, 2.75) is 18.5 Å². The first kappa shape index (κ1) is 9.50. The van der Waals surface area contributed by atoms with E-state index in [1.54, 1.807) is 0 Å². The van der Waals surface area contributed by atoms with Crippen molar-refractivity contribution in [2.24, 2.45) is 11.7 Å². The lowest BCUT2D eigenvalue weighted by Crippen LogP contribution is -2.50. The molecule has 3 unspecified atom stereocenters. The van der Waals surface area contributed by atoms with Gasteiger partial charge < -0.3 is 11.1 Å². The highest BCUT2D eigenvalue weighted by molar-refractivity contribution is 5.78. The van der Waals surface area contributed by atoms with Crippen LogP contribution in [0.2, 0.25) is 0 Å². The molecular weight excluding hydrogens is 178 g/mol. The van der Waals surface area contributed by atoms with Gasteiger partial charge >= 0.3 is 0 Å². The summed E-state index contributed by atoms with van der Waals surface area (Å²) >= 11 is 0. The molecule has 1 saturated carbocycles. The Morgan fingerprint density at radius 3 is 3.00 bits per heavy atom. The Balaban J connectivity index is 1.77. The molecule has 3 rings (SSSR count). The summed E-state index contributed by atoms with van der Waals surface area (Å²) in [5.74, 6) is 2.99. The van der Waals surface area contributed by atoms with Gasteiger partial charge in [-0.15, -0.1) is 6.42 Å². The number of rotatable bonds is 3. The average molecular weight is 193 g/mol. The molecule has 4 heteroatoms. The number of carbonyl (C=O) groups is 1. The number of nitrogens with two attached hydrogens (primary N) is 1. The van der Waals surface area contributed by atoms with Gasteiger partial charge in [0.25, 0.3) is 0 Å². The third-order valence-electron chi connectivity index (χ3n) is 3.21. The van der Waals surface area contributed by atoms with E-state index >= 15 is 0 Å². The number of hydrogen-bond acceptors (Lipinski definition) is 3. The minimum absolute atomic E-state index is 0.00250. The fourth-order valence-electron chi connectivity index (χ4n) is 2.34. The summed E-state index contributed by atoms with van der Waals surface area (Å²) in [7, 11) is 0. The number of fused-ring (bicyclic) bond motifs is 1. The van der Waals surface area contributed by atoms with Gasteiger partial charge in [-0.3, -0.25) is 9.69 Å².